The maximum absolute atomic E-state index is 12.0. The Hall–Kier alpha value is -0.430. The van der Waals surface area contributed by atoms with Crippen LogP contribution in [-0.2, 0) is 4.74 Å². The van der Waals surface area contributed by atoms with Crippen LogP contribution in [0.2, 0.25) is 5.02 Å². The number of thiazole rings is 1. The highest BCUT2D eigenvalue weighted by Crippen LogP contribution is 2.37. The largest absolute Gasteiger partial charge is 0.462 e. The van der Waals surface area contributed by atoms with Gasteiger partial charge in [-0.1, -0.05) is 55.6 Å². The Morgan fingerprint density at radius 3 is 2.60 bits per heavy atom. The molecular formula is C13H10Br2ClNO2S. The van der Waals surface area contributed by atoms with E-state index >= 15 is 0 Å². The molecule has 0 saturated heterocycles. The van der Waals surface area contributed by atoms with Gasteiger partial charge in [0.1, 0.15) is 13.6 Å². The van der Waals surface area contributed by atoms with Gasteiger partial charge in [-0.15, -0.1) is 11.3 Å². The van der Waals surface area contributed by atoms with Crippen molar-refractivity contribution in [3.63, 3.8) is 0 Å². The molecule has 20 heavy (non-hydrogen) atoms. The zero-order chi connectivity index (χ0) is 14.7. The van der Waals surface area contributed by atoms with Crippen LogP contribution in [0.4, 0.5) is 0 Å². The molecular weight excluding hydrogens is 429 g/mol. The molecule has 0 aliphatic heterocycles. The van der Waals surface area contributed by atoms with Gasteiger partial charge in [0, 0.05) is 10.6 Å². The number of benzene rings is 1. The first kappa shape index (κ1) is 15.9. The van der Waals surface area contributed by atoms with E-state index < -0.39 is 0 Å². The molecule has 3 nitrogen and oxygen atoms in total. The zero-order valence-electron chi connectivity index (χ0n) is 10.4. The molecule has 0 bridgehead atoms. The van der Waals surface area contributed by atoms with Crippen molar-refractivity contribution in [3.05, 3.63) is 39.9 Å². The molecule has 2 rings (SSSR count). The molecule has 0 spiro atoms. The number of hydrogen-bond acceptors (Lipinski definition) is 4. The lowest BCUT2D eigenvalue weighted by Gasteiger charge is -2.01. The average molecular weight is 440 g/mol. The smallest absolute Gasteiger partial charge is 0.350 e. The normalized spacial score (nSPS) is 10.8. The quantitative estimate of drug-likeness (QED) is 0.471. The first-order chi connectivity index (χ1) is 9.52. The van der Waals surface area contributed by atoms with Crippen LogP contribution in [0.5, 0.6) is 0 Å². The predicted molar refractivity (Wildman–Crippen MR) is 89.1 cm³/mol. The van der Waals surface area contributed by atoms with Crippen molar-refractivity contribution in [2.75, 3.05) is 6.61 Å². The van der Waals surface area contributed by atoms with Gasteiger partial charge >= 0.3 is 5.97 Å². The first-order valence-corrected chi connectivity index (χ1v) is 8.77. The summed E-state index contributed by atoms with van der Waals surface area (Å²) in [5, 5.41) is 1.42. The summed E-state index contributed by atoms with van der Waals surface area (Å²) in [6, 6.07) is 7.33. The SMILES string of the molecule is CCOC(=O)c1sc(-c2ccc(Cl)cc2)nc1C(Br)Br. The molecule has 0 aliphatic rings. The molecule has 0 aliphatic carbocycles. The Morgan fingerprint density at radius 1 is 1.40 bits per heavy atom. The third kappa shape index (κ3) is 3.61. The molecule has 0 fully saturated rings. The van der Waals surface area contributed by atoms with Crippen LogP contribution in [0.3, 0.4) is 0 Å². The van der Waals surface area contributed by atoms with E-state index in [-0.39, 0.29) is 9.71 Å². The highest BCUT2D eigenvalue weighted by Gasteiger charge is 2.23. The summed E-state index contributed by atoms with van der Waals surface area (Å²) in [7, 11) is 0. The van der Waals surface area contributed by atoms with Crippen molar-refractivity contribution in [2.24, 2.45) is 0 Å². The highest BCUT2D eigenvalue weighted by atomic mass is 79.9. The molecule has 2 aromatic rings. The van der Waals surface area contributed by atoms with Crippen LogP contribution in [0.1, 0.15) is 26.0 Å². The van der Waals surface area contributed by atoms with Crippen molar-refractivity contribution in [3.8, 4) is 10.6 Å². The van der Waals surface area contributed by atoms with Crippen LogP contribution in [-0.4, -0.2) is 17.6 Å². The second-order valence-electron chi connectivity index (χ2n) is 3.76. The first-order valence-electron chi connectivity index (χ1n) is 5.74. The van der Waals surface area contributed by atoms with E-state index in [1.54, 1.807) is 19.1 Å². The van der Waals surface area contributed by atoms with Gasteiger partial charge in [-0.05, 0) is 19.1 Å². The van der Waals surface area contributed by atoms with E-state index in [1.165, 1.54) is 11.3 Å². The fraction of sp³-hybridized carbons (Fsp3) is 0.231. The maximum Gasteiger partial charge on any atom is 0.350 e. The Kier molecular flexibility index (Phi) is 5.60. The van der Waals surface area contributed by atoms with E-state index in [2.05, 4.69) is 36.8 Å². The van der Waals surface area contributed by atoms with Crippen LogP contribution in [0.25, 0.3) is 10.6 Å². The Labute approximate surface area is 142 Å². The molecule has 0 saturated carbocycles. The fourth-order valence-electron chi connectivity index (χ4n) is 1.54. The van der Waals surface area contributed by atoms with E-state index in [0.29, 0.717) is 22.2 Å². The number of esters is 1. The summed E-state index contributed by atoms with van der Waals surface area (Å²) in [6.45, 7) is 2.11. The van der Waals surface area contributed by atoms with Gasteiger partial charge in [-0.2, -0.15) is 0 Å². The van der Waals surface area contributed by atoms with E-state index in [9.17, 15) is 4.79 Å². The van der Waals surface area contributed by atoms with Gasteiger partial charge in [-0.3, -0.25) is 0 Å². The molecule has 1 heterocycles. The van der Waals surface area contributed by atoms with E-state index in [0.717, 1.165) is 10.6 Å². The van der Waals surface area contributed by atoms with Gasteiger partial charge < -0.3 is 4.74 Å². The van der Waals surface area contributed by atoms with E-state index in [1.807, 2.05) is 12.1 Å². The van der Waals surface area contributed by atoms with Crippen molar-refractivity contribution in [1.29, 1.82) is 0 Å². The summed E-state index contributed by atoms with van der Waals surface area (Å²) in [6.07, 6.45) is 0. The molecule has 106 valence electrons. The zero-order valence-corrected chi connectivity index (χ0v) is 15.1. The summed E-state index contributed by atoms with van der Waals surface area (Å²) < 4.78 is 4.85. The van der Waals surface area contributed by atoms with Crippen LogP contribution < -0.4 is 0 Å². The maximum atomic E-state index is 12.0. The molecule has 1 aromatic heterocycles. The van der Waals surface area contributed by atoms with Gasteiger partial charge in [0.15, 0.2) is 0 Å². The van der Waals surface area contributed by atoms with Gasteiger partial charge in [0.2, 0.25) is 0 Å². The lowest BCUT2D eigenvalue weighted by atomic mass is 10.2. The average Bonchev–Trinajstić information content (AvgIpc) is 2.85. The lowest BCUT2D eigenvalue weighted by Crippen LogP contribution is -2.05. The molecule has 0 radical (unpaired) electrons. The third-order valence-electron chi connectivity index (χ3n) is 2.41. The number of carbonyl (C=O) groups excluding carboxylic acids is 1. The molecule has 0 amide bonds. The second kappa shape index (κ2) is 7.02. The molecule has 0 N–H and O–H groups in total. The lowest BCUT2D eigenvalue weighted by molar-refractivity contribution is 0.0531. The van der Waals surface area contributed by atoms with E-state index in [4.69, 9.17) is 16.3 Å². The number of rotatable bonds is 4. The number of alkyl halides is 2. The number of nitrogens with zero attached hydrogens (tertiary/aromatic N) is 1. The Morgan fingerprint density at radius 2 is 2.05 bits per heavy atom. The second-order valence-corrected chi connectivity index (χ2v) is 8.26. The van der Waals surface area contributed by atoms with Crippen molar-refractivity contribution < 1.29 is 9.53 Å². The van der Waals surface area contributed by atoms with Crippen LogP contribution in [0, 0.1) is 0 Å². The monoisotopic (exact) mass is 437 g/mol. The molecule has 7 heteroatoms. The van der Waals surface area contributed by atoms with Crippen molar-refractivity contribution >= 4 is 60.8 Å². The Bertz CT molecular complexity index is 613. The van der Waals surface area contributed by atoms with Crippen LogP contribution in [0.15, 0.2) is 24.3 Å². The molecule has 0 unspecified atom stereocenters. The minimum absolute atomic E-state index is 0.202. The van der Waals surface area contributed by atoms with Gasteiger partial charge in [0.25, 0.3) is 0 Å². The predicted octanol–water partition coefficient (Wildman–Crippen LogP) is 5.43. The number of halogens is 3. The van der Waals surface area contributed by atoms with Crippen molar-refractivity contribution in [2.45, 2.75) is 10.7 Å². The minimum Gasteiger partial charge on any atom is -0.462 e. The number of hydrogen-bond donors (Lipinski definition) is 0. The fourth-order valence-corrected chi connectivity index (χ4v) is 3.63. The summed E-state index contributed by atoms with van der Waals surface area (Å²) in [4.78, 5) is 16.9. The molecule has 0 atom stereocenters. The standard InChI is InChI=1S/C13H10Br2ClNO2S/c1-2-19-13(18)10-9(11(14)15)17-12(20-10)7-3-5-8(16)6-4-7/h3-6,11H,2H2,1H3. The highest BCUT2D eigenvalue weighted by molar-refractivity contribution is 9.24. The molecule has 1 aromatic carbocycles. The topological polar surface area (TPSA) is 39.2 Å². The van der Waals surface area contributed by atoms with Gasteiger partial charge in [0.05, 0.1) is 12.3 Å². The summed E-state index contributed by atoms with van der Waals surface area (Å²) >= 11 is 13.9. The Balaban J connectivity index is 2.43. The van der Waals surface area contributed by atoms with Gasteiger partial charge in [-0.25, -0.2) is 9.78 Å². The summed E-state index contributed by atoms with van der Waals surface area (Å²) in [5.74, 6) is -0.357. The number of carbonyl (C=O) groups is 1. The minimum atomic E-state index is -0.357. The number of ether oxygens (including phenoxy) is 1. The van der Waals surface area contributed by atoms with Crippen LogP contribution >= 0.6 is 54.8 Å². The summed E-state index contributed by atoms with van der Waals surface area (Å²) in [5.41, 5.74) is 1.54. The number of aromatic nitrogens is 1. The van der Waals surface area contributed by atoms with Crippen molar-refractivity contribution in [1.82, 2.24) is 4.98 Å². The third-order valence-corrected chi connectivity index (χ3v) is 4.63.